The van der Waals surface area contributed by atoms with Gasteiger partial charge >= 0.3 is 12.1 Å². The third kappa shape index (κ3) is 6.46. The van der Waals surface area contributed by atoms with Crippen molar-refractivity contribution < 1.29 is 19.1 Å². The molecule has 0 aliphatic carbocycles. The van der Waals surface area contributed by atoms with E-state index in [0.29, 0.717) is 39.1 Å². The van der Waals surface area contributed by atoms with Crippen molar-refractivity contribution in [3.8, 4) is 0 Å². The molecular weight excluding hydrogens is 274 g/mol. The van der Waals surface area contributed by atoms with E-state index in [1.165, 1.54) is 6.92 Å². The van der Waals surface area contributed by atoms with Crippen LogP contribution in [-0.4, -0.2) is 66.0 Å². The molecule has 0 aromatic carbocycles. The van der Waals surface area contributed by atoms with Crippen LogP contribution in [0.2, 0.25) is 0 Å². The van der Waals surface area contributed by atoms with Crippen molar-refractivity contribution in [2.75, 3.05) is 32.7 Å². The van der Waals surface area contributed by atoms with Gasteiger partial charge in [-0.1, -0.05) is 0 Å². The van der Waals surface area contributed by atoms with Crippen molar-refractivity contribution in [2.24, 2.45) is 0 Å². The molecule has 1 N–H and O–H groups in total. The summed E-state index contributed by atoms with van der Waals surface area (Å²) in [7, 11) is 0. The van der Waals surface area contributed by atoms with E-state index < -0.39 is 5.60 Å². The number of ketones is 1. The number of hydrogen-bond acceptors (Lipinski definition) is 4. The van der Waals surface area contributed by atoms with E-state index in [9.17, 15) is 14.4 Å². The lowest BCUT2D eigenvalue weighted by Gasteiger charge is -2.35. The number of nitrogens with one attached hydrogen (secondary N) is 1. The maximum absolute atomic E-state index is 11.9. The molecule has 0 bridgehead atoms. The molecule has 1 fully saturated rings. The molecule has 1 saturated heterocycles. The van der Waals surface area contributed by atoms with Crippen molar-refractivity contribution in [3.63, 3.8) is 0 Å². The number of Topliss-reactive ketones (excluding diaryl/α,β-unsaturated/α-hetero) is 1. The molecule has 7 heteroatoms. The van der Waals surface area contributed by atoms with Gasteiger partial charge in [0.1, 0.15) is 11.4 Å². The Morgan fingerprint density at radius 3 is 2.05 bits per heavy atom. The molecule has 1 aliphatic rings. The number of ether oxygens (including phenoxy) is 1. The lowest BCUT2D eigenvalue weighted by molar-refractivity contribution is -0.116. The van der Waals surface area contributed by atoms with Crippen molar-refractivity contribution in [3.05, 3.63) is 0 Å². The Balaban J connectivity index is 2.33. The highest BCUT2D eigenvalue weighted by Crippen LogP contribution is 2.11. The molecule has 3 amide bonds. The zero-order valence-electron chi connectivity index (χ0n) is 13.3. The van der Waals surface area contributed by atoms with E-state index in [0.717, 1.165) is 0 Å². The largest absolute Gasteiger partial charge is 0.444 e. The van der Waals surface area contributed by atoms with Crippen LogP contribution in [0.25, 0.3) is 0 Å². The molecule has 0 unspecified atom stereocenters. The van der Waals surface area contributed by atoms with E-state index in [2.05, 4.69) is 5.32 Å². The van der Waals surface area contributed by atoms with Crippen LogP contribution in [0.1, 0.15) is 34.1 Å². The summed E-state index contributed by atoms with van der Waals surface area (Å²) in [6.45, 7) is 9.14. The second-order valence-corrected chi connectivity index (χ2v) is 6.14. The molecule has 0 aromatic rings. The maximum atomic E-state index is 11.9. The molecule has 1 rings (SSSR count). The zero-order valence-corrected chi connectivity index (χ0v) is 13.3. The monoisotopic (exact) mass is 299 g/mol. The molecule has 1 heterocycles. The van der Waals surface area contributed by atoms with Gasteiger partial charge < -0.3 is 19.9 Å². The van der Waals surface area contributed by atoms with E-state index in [1.807, 2.05) is 20.8 Å². The van der Waals surface area contributed by atoms with Gasteiger partial charge in [0.05, 0.1) is 0 Å². The van der Waals surface area contributed by atoms with E-state index in [1.54, 1.807) is 9.80 Å². The van der Waals surface area contributed by atoms with Gasteiger partial charge in [0.2, 0.25) is 0 Å². The average Bonchev–Trinajstić information content (AvgIpc) is 2.36. The number of nitrogens with zero attached hydrogens (tertiary/aromatic N) is 2. The summed E-state index contributed by atoms with van der Waals surface area (Å²) in [5.74, 6) is 0.0463. The molecule has 1 aliphatic heterocycles. The van der Waals surface area contributed by atoms with Gasteiger partial charge in [0.15, 0.2) is 0 Å². The van der Waals surface area contributed by atoms with E-state index in [4.69, 9.17) is 4.74 Å². The van der Waals surface area contributed by atoms with Crippen molar-refractivity contribution >= 4 is 17.9 Å². The third-order valence-electron chi connectivity index (χ3n) is 2.97. The molecule has 21 heavy (non-hydrogen) atoms. The first-order chi connectivity index (χ1) is 9.69. The van der Waals surface area contributed by atoms with Crippen LogP contribution in [0.4, 0.5) is 9.59 Å². The Labute approximate surface area is 125 Å². The molecular formula is C14H25N3O4. The van der Waals surface area contributed by atoms with Crippen LogP contribution >= 0.6 is 0 Å². The van der Waals surface area contributed by atoms with Crippen molar-refractivity contribution in [1.29, 1.82) is 0 Å². The van der Waals surface area contributed by atoms with E-state index >= 15 is 0 Å². The highest BCUT2D eigenvalue weighted by molar-refractivity contribution is 5.78. The summed E-state index contributed by atoms with van der Waals surface area (Å²) in [6.07, 6.45) is -0.0111. The molecule has 0 radical (unpaired) electrons. The Kier molecular flexibility index (Phi) is 5.99. The van der Waals surface area contributed by atoms with Gasteiger partial charge in [-0.2, -0.15) is 0 Å². The lowest BCUT2D eigenvalue weighted by atomic mass is 10.2. The van der Waals surface area contributed by atoms with Crippen LogP contribution in [0.3, 0.4) is 0 Å². The van der Waals surface area contributed by atoms with Crippen LogP contribution in [-0.2, 0) is 9.53 Å². The number of carbonyl (C=O) groups excluding carboxylic acids is 3. The Hall–Kier alpha value is -1.79. The first kappa shape index (κ1) is 17.3. The quantitative estimate of drug-likeness (QED) is 0.850. The van der Waals surface area contributed by atoms with Gasteiger partial charge in [0.25, 0.3) is 0 Å². The van der Waals surface area contributed by atoms with Gasteiger partial charge in [0, 0.05) is 39.1 Å². The van der Waals surface area contributed by atoms with Crippen LogP contribution < -0.4 is 5.32 Å². The van der Waals surface area contributed by atoms with Gasteiger partial charge in [-0.3, -0.25) is 4.79 Å². The molecule has 0 aromatic heterocycles. The Morgan fingerprint density at radius 1 is 1.05 bits per heavy atom. The van der Waals surface area contributed by atoms with Crippen molar-refractivity contribution in [2.45, 2.75) is 39.7 Å². The second-order valence-electron chi connectivity index (χ2n) is 6.14. The summed E-state index contributed by atoms with van der Waals surface area (Å²) in [5, 5.41) is 2.70. The SMILES string of the molecule is CC(=O)CCNC(=O)N1CCN(C(=O)OC(C)(C)C)CC1. The fourth-order valence-electron chi connectivity index (χ4n) is 1.88. The highest BCUT2D eigenvalue weighted by atomic mass is 16.6. The van der Waals surface area contributed by atoms with Crippen LogP contribution in [0.15, 0.2) is 0 Å². The van der Waals surface area contributed by atoms with Gasteiger partial charge in [-0.05, 0) is 27.7 Å². The summed E-state index contributed by atoms with van der Waals surface area (Å²) in [6, 6.07) is -0.194. The minimum absolute atomic E-state index is 0.0463. The average molecular weight is 299 g/mol. The maximum Gasteiger partial charge on any atom is 0.410 e. The number of rotatable bonds is 3. The summed E-state index contributed by atoms with van der Waals surface area (Å²) < 4.78 is 5.29. The summed E-state index contributed by atoms with van der Waals surface area (Å²) >= 11 is 0. The highest BCUT2D eigenvalue weighted by Gasteiger charge is 2.27. The molecule has 120 valence electrons. The number of amides is 3. The number of urea groups is 1. The summed E-state index contributed by atoms with van der Waals surface area (Å²) in [5.41, 5.74) is -0.516. The lowest BCUT2D eigenvalue weighted by Crippen LogP contribution is -2.54. The molecule has 0 spiro atoms. The van der Waals surface area contributed by atoms with Crippen LogP contribution in [0.5, 0.6) is 0 Å². The molecule has 7 nitrogen and oxygen atoms in total. The normalized spacial score (nSPS) is 15.6. The third-order valence-corrected chi connectivity index (χ3v) is 2.97. The van der Waals surface area contributed by atoms with Gasteiger partial charge in [-0.15, -0.1) is 0 Å². The number of piperazine rings is 1. The van der Waals surface area contributed by atoms with Gasteiger partial charge in [-0.25, -0.2) is 9.59 Å². The molecule has 0 saturated carbocycles. The minimum Gasteiger partial charge on any atom is -0.444 e. The summed E-state index contributed by atoms with van der Waals surface area (Å²) in [4.78, 5) is 37.8. The fraction of sp³-hybridized carbons (Fsp3) is 0.786. The number of carbonyl (C=O) groups is 3. The molecule has 0 atom stereocenters. The number of hydrogen-bond donors (Lipinski definition) is 1. The van der Waals surface area contributed by atoms with Crippen molar-refractivity contribution in [1.82, 2.24) is 15.1 Å². The minimum atomic E-state index is -0.516. The fourth-order valence-corrected chi connectivity index (χ4v) is 1.88. The Bertz CT molecular complexity index is 396. The predicted molar refractivity (Wildman–Crippen MR) is 78.1 cm³/mol. The predicted octanol–water partition coefficient (Wildman–Crippen LogP) is 1.23. The Morgan fingerprint density at radius 2 is 1.57 bits per heavy atom. The second kappa shape index (κ2) is 7.28. The van der Waals surface area contributed by atoms with Crippen LogP contribution in [0, 0.1) is 0 Å². The standard InChI is InChI=1S/C14H25N3O4/c1-11(18)5-6-15-12(19)16-7-9-17(10-8-16)13(20)21-14(2,3)4/h5-10H2,1-4H3,(H,15,19). The first-order valence-electron chi connectivity index (χ1n) is 7.19. The first-order valence-corrected chi connectivity index (χ1v) is 7.19. The zero-order chi connectivity index (χ0) is 16.0. The van der Waals surface area contributed by atoms with E-state index in [-0.39, 0.29) is 17.9 Å². The topological polar surface area (TPSA) is 79.0 Å². The smallest absolute Gasteiger partial charge is 0.410 e.